The molecule has 4 aliphatic rings. The van der Waals surface area contributed by atoms with Crippen LogP contribution in [0.3, 0.4) is 0 Å². The molecule has 6 N–H and O–H groups in total. The van der Waals surface area contributed by atoms with Gasteiger partial charge in [-0.05, 0) is 36.1 Å². The molecule has 216 valence electrons. The van der Waals surface area contributed by atoms with E-state index in [-0.39, 0.29) is 65.0 Å². The van der Waals surface area contributed by atoms with E-state index in [0.29, 0.717) is 37.4 Å². The quantitative estimate of drug-likeness (QED) is 0.124. The van der Waals surface area contributed by atoms with Crippen LogP contribution in [0.15, 0.2) is 16.9 Å². The van der Waals surface area contributed by atoms with Gasteiger partial charge in [0.25, 0.3) is 0 Å². The van der Waals surface area contributed by atoms with Crippen LogP contribution in [0.5, 0.6) is 0 Å². The zero-order valence-corrected chi connectivity index (χ0v) is 23.1. The molecule has 5 rings (SSSR count). The number of hydrogen-bond acceptors (Lipinski definition) is 10. The highest BCUT2D eigenvalue weighted by Crippen LogP contribution is 2.51. The maximum atomic E-state index is 13.2. The van der Waals surface area contributed by atoms with E-state index in [1.807, 2.05) is 11.8 Å². The third-order valence-corrected chi connectivity index (χ3v) is 9.72. The minimum absolute atomic E-state index is 0.00244. The summed E-state index contributed by atoms with van der Waals surface area (Å²) in [5.74, 6) is -2.28. The summed E-state index contributed by atoms with van der Waals surface area (Å²) in [7, 11) is 0. The highest BCUT2D eigenvalue weighted by atomic mass is 32.2. The van der Waals surface area contributed by atoms with Crippen LogP contribution >= 0.6 is 11.8 Å². The number of carbonyl (C=O) groups is 4. The minimum Gasteiger partial charge on any atom is -0.477 e. The lowest BCUT2D eigenvalue weighted by molar-refractivity contribution is -0.158. The molecule has 0 aromatic carbocycles. The Bertz CT molecular complexity index is 1240. The van der Waals surface area contributed by atoms with Crippen LogP contribution in [0.1, 0.15) is 33.1 Å². The molecule has 3 fully saturated rings. The van der Waals surface area contributed by atoms with Crippen molar-refractivity contribution < 1.29 is 24.3 Å². The summed E-state index contributed by atoms with van der Waals surface area (Å²) in [6.45, 7) is 5.33. The molecule has 4 aliphatic heterocycles. The van der Waals surface area contributed by atoms with Gasteiger partial charge >= 0.3 is 5.97 Å². The lowest BCUT2D eigenvalue weighted by Gasteiger charge is -2.47. The number of hydrogen-bond donors (Lipinski definition) is 5. The highest BCUT2D eigenvalue weighted by Gasteiger charge is 2.60. The average molecular weight is 575 g/mol. The predicted molar refractivity (Wildman–Crippen MR) is 142 cm³/mol. The Balaban J connectivity index is 1.20. The molecule has 0 radical (unpaired) electrons. The second-order valence-corrected chi connectivity index (χ2v) is 12.3. The van der Waals surface area contributed by atoms with Gasteiger partial charge in [0.2, 0.25) is 17.7 Å². The van der Waals surface area contributed by atoms with Crippen LogP contribution in [-0.4, -0.2) is 108 Å². The summed E-state index contributed by atoms with van der Waals surface area (Å²) in [5.41, 5.74) is 5.52. The van der Waals surface area contributed by atoms with Gasteiger partial charge < -0.3 is 31.3 Å². The molecule has 15 nitrogen and oxygen atoms in total. The van der Waals surface area contributed by atoms with E-state index in [2.05, 4.69) is 26.2 Å². The van der Waals surface area contributed by atoms with Gasteiger partial charge in [-0.1, -0.05) is 6.92 Å². The number of nitrogens with two attached hydrogens (primary N) is 1. The number of carbonyl (C=O) groups excluding carboxylic acids is 3. The van der Waals surface area contributed by atoms with Gasteiger partial charge in [-0.3, -0.25) is 19.8 Å². The molecule has 0 spiro atoms. The molecule has 5 heterocycles. The van der Waals surface area contributed by atoms with Gasteiger partial charge in [-0.15, -0.1) is 16.9 Å². The van der Waals surface area contributed by atoms with Gasteiger partial charge in [0.1, 0.15) is 18.6 Å². The lowest BCUT2D eigenvalue weighted by atomic mass is 9.78. The number of thioether (sulfide) groups is 1. The van der Waals surface area contributed by atoms with Crippen molar-refractivity contribution in [1.82, 2.24) is 40.6 Å². The number of nitrogens with one attached hydrogen (secondary N) is 3. The molecule has 3 amide bonds. The largest absolute Gasteiger partial charge is 0.477 e. The first-order chi connectivity index (χ1) is 19.0. The Morgan fingerprint density at radius 1 is 1.38 bits per heavy atom. The number of aliphatic carboxylic acids is 1. The molecule has 0 aliphatic carbocycles. The number of nitrogens with zero attached hydrogens (tertiary/aromatic N) is 6. The van der Waals surface area contributed by atoms with Crippen molar-refractivity contribution in [2.75, 3.05) is 19.6 Å². The maximum absolute atomic E-state index is 13.2. The van der Waals surface area contributed by atoms with Crippen LogP contribution in [0.25, 0.3) is 0 Å². The molecule has 0 bridgehead atoms. The zero-order chi connectivity index (χ0) is 28.7. The highest BCUT2D eigenvalue weighted by molar-refractivity contribution is 8.03. The minimum atomic E-state index is -1.16. The molecule has 0 saturated carbocycles. The zero-order valence-electron chi connectivity index (χ0n) is 22.3. The van der Waals surface area contributed by atoms with Crippen LogP contribution in [0.4, 0.5) is 0 Å². The Morgan fingerprint density at radius 3 is 2.83 bits per heavy atom. The van der Waals surface area contributed by atoms with E-state index in [4.69, 9.17) is 11.1 Å². The first-order valence-electron chi connectivity index (χ1n) is 13.4. The third kappa shape index (κ3) is 5.29. The number of β-lactam (4-membered cyclic amide) rings is 1. The number of amides is 3. The molecule has 7 atom stereocenters. The number of rotatable bonds is 10. The van der Waals surface area contributed by atoms with Crippen molar-refractivity contribution >= 4 is 41.3 Å². The van der Waals surface area contributed by atoms with Crippen molar-refractivity contribution in [3.05, 3.63) is 16.9 Å². The van der Waals surface area contributed by atoms with Gasteiger partial charge in [0.15, 0.2) is 0 Å². The smallest absolute Gasteiger partial charge is 0.353 e. The van der Waals surface area contributed by atoms with E-state index in [9.17, 15) is 24.3 Å². The number of aromatic nitrogens is 4. The Kier molecular flexibility index (Phi) is 7.81. The molecule has 16 heteroatoms. The Labute approximate surface area is 234 Å². The maximum Gasteiger partial charge on any atom is 0.353 e. The fourth-order valence-electron chi connectivity index (χ4n) is 6.38. The van der Waals surface area contributed by atoms with Crippen molar-refractivity contribution in [2.24, 2.45) is 23.5 Å². The molecule has 1 aromatic heterocycles. The number of carboxylic acids is 1. The average Bonchev–Trinajstić information content (AvgIpc) is 3.67. The fraction of sp³-hybridized carbons (Fsp3) is 0.667. The van der Waals surface area contributed by atoms with E-state index >= 15 is 0 Å². The normalized spacial score (nSPS) is 30.3. The first-order valence-corrected chi connectivity index (χ1v) is 14.3. The second kappa shape index (κ2) is 11.2. The summed E-state index contributed by atoms with van der Waals surface area (Å²) >= 11 is 1.43. The Hall–Kier alpha value is -3.53. The third-order valence-electron chi connectivity index (χ3n) is 8.20. The summed E-state index contributed by atoms with van der Waals surface area (Å²) < 4.78 is 1.27. The molecule has 1 aromatic rings. The summed E-state index contributed by atoms with van der Waals surface area (Å²) in [4.78, 5) is 54.8. The van der Waals surface area contributed by atoms with Crippen LogP contribution in [-0.2, 0) is 25.7 Å². The lowest BCUT2D eigenvalue weighted by Crippen LogP contribution is -2.66. The molecule has 3 saturated heterocycles. The molecular formula is C24H34N10O5S. The summed E-state index contributed by atoms with van der Waals surface area (Å²) in [5, 5.41) is 34.3. The SMILES string of the molecule is C[C@@H](NC(=O)Cn1cnnn1)[C@H]1C(=O)N2C(C(=O)O)=C(SC3CNC(C(=O)N4CCC(CC(=N)N)C4)C3)[C@H](C)[C@H]12. The van der Waals surface area contributed by atoms with E-state index in [1.165, 1.54) is 27.7 Å². The predicted octanol–water partition coefficient (Wildman–Crippen LogP) is -1.41. The number of carboxylic acid groups (broad SMARTS) is 1. The van der Waals surface area contributed by atoms with Crippen molar-refractivity contribution in [2.45, 2.75) is 63.0 Å². The van der Waals surface area contributed by atoms with Gasteiger partial charge in [-0.2, -0.15) is 0 Å². The van der Waals surface area contributed by atoms with Gasteiger partial charge in [0.05, 0.1) is 23.8 Å². The van der Waals surface area contributed by atoms with Crippen molar-refractivity contribution in [1.29, 1.82) is 5.41 Å². The van der Waals surface area contributed by atoms with E-state index < -0.39 is 17.9 Å². The van der Waals surface area contributed by atoms with Gasteiger partial charge in [0, 0.05) is 48.2 Å². The van der Waals surface area contributed by atoms with Crippen LogP contribution < -0.4 is 16.4 Å². The monoisotopic (exact) mass is 574 g/mol. The van der Waals surface area contributed by atoms with E-state index in [1.54, 1.807) is 6.92 Å². The number of tetrazole rings is 1. The Morgan fingerprint density at radius 2 is 2.15 bits per heavy atom. The topological polar surface area (TPSA) is 213 Å². The number of likely N-dealkylation sites (tertiary alicyclic amines) is 1. The van der Waals surface area contributed by atoms with Crippen LogP contribution in [0, 0.1) is 23.2 Å². The second-order valence-electron chi connectivity index (χ2n) is 11.0. The number of fused-ring (bicyclic) bond motifs is 1. The molecule has 40 heavy (non-hydrogen) atoms. The van der Waals surface area contributed by atoms with Gasteiger partial charge in [-0.25, -0.2) is 9.48 Å². The number of amidine groups is 1. The van der Waals surface area contributed by atoms with Crippen molar-refractivity contribution in [3.8, 4) is 0 Å². The fourth-order valence-corrected chi connectivity index (χ4v) is 7.86. The summed E-state index contributed by atoms with van der Waals surface area (Å²) in [6.07, 6.45) is 3.18. The summed E-state index contributed by atoms with van der Waals surface area (Å²) in [6, 6.07) is -1.25. The van der Waals surface area contributed by atoms with Crippen molar-refractivity contribution in [3.63, 3.8) is 0 Å². The standard InChI is InChI=1S/C24H34N10O5S/c1-11-19-18(12(2)29-17(35)9-33-10-28-30-31-33)23(37)34(19)20(24(38)39)21(11)40-14-6-15(27-7-14)22(36)32-4-3-13(8-32)5-16(25)26/h10-15,18-19,27H,3-9H2,1-2H3,(H3,25,26)(H,29,35)(H,38,39)/t11-,12-,13?,14?,15?,18-,19-/m1/s1. The van der Waals surface area contributed by atoms with E-state index in [0.717, 1.165) is 6.42 Å². The molecular weight excluding hydrogens is 540 g/mol. The van der Waals surface area contributed by atoms with Crippen LogP contribution in [0.2, 0.25) is 0 Å². The first kappa shape index (κ1) is 28.0. The molecule has 3 unspecified atom stereocenters.